The SMILES string of the molecule is CC(C)(O/N=C(\C(=O)N[C@@H]1C(=O)N2C(C(=O)O)=C(C[n+]3cnc(NCCN)c(NCCNC(=O)c4cc(=O)c(O)cn4O)c3)CSC12)c1csc(N)n1)C(=O)O. The number of amides is 3. The van der Waals surface area contributed by atoms with E-state index in [1.54, 1.807) is 10.8 Å². The number of hydrogen-bond acceptors (Lipinski definition) is 18. The van der Waals surface area contributed by atoms with Gasteiger partial charge in [-0.2, -0.15) is 4.73 Å². The average Bonchev–Trinajstić information content (AvgIpc) is 3.58. The van der Waals surface area contributed by atoms with E-state index >= 15 is 0 Å². The lowest BCUT2D eigenvalue weighted by molar-refractivity contribution is -0.691. The number of fused-ring (bicyclic) bond motifs is 1. The fourth-order valence-corrected chi connectivity index (χ4v) is 7.07. The first kappa shape index (κ1) is 40.7. The van der Waals surface area contributed by atoms with Crippen molar-refractivity contribution < 1.29 is 53.9 Å². The minimum atomic E-state index is -1.82. The van der Waals surface area contributed by atoms with Crippen LogP contribution in [0.25, 0.3) is 0 Å². The lowest BCUT2D eigenvalue weighted by atomic mass is 10.0. The van der Waals surface area contributed by atoms with Crippen molar-refractivity contribution in [2.75, 3.05) is 48.3 Å². The van der Waals surface area contributed by atoms with Crippen LogP contribution < -0.4 is 42.7 Å². The molecule has 298 valence electrons. The van der Waals surface area contributed by atoms with Gasteiger partial charge in [0.25, 0.3) is 29.9 Å². The second-order valence-corrected chi connectivity index (χ2v) is 14.5. The number of aromatic nitrogens is 4. The zero-order valence-corrected chi connectivity index (χ0v) is 31.2. The van der Waals surface area contributed by atoms with Crippen molar-refractivity contribution in [1.82, 2.24) is 30.2 Å². The van der Waals surface area contributed by atoms with Crippen molar-refractivity contribution in [3.8, 4) is 5.75 Å². The van der Waals surface area contributed by atoms with Gasteiger partial charge < -0.3 is 58.1 Å². The molecule has 3 aromatic heterocycles. The topological polar surface area (TPSA) is 343 Å². The number of aromatic hydroxyl groups is 1. The molecule has 12 N–H and O–H groups in total. The van der Waals surface area contributed by atoms with Crippen molar-refractivity contribution in [2.45, 2.75) is 37.4 Å². The normalized spacial score (nSPS) is 16.7. The number of carboxylic acid groups (broad SMARTS) is 2. The third-order valence-electron chi connectivity index (χ3n) is 8.06. The highest BCUT2D eigenvalue weighted by atomic mass is 32.2. The number of carbonyl (C=O) groups excluding carboxylic acids is 3. The van der Waals surface area contributed by atoms with Crippen LogP contribution in [0.5, 0.6) is 5.75 Å². The van der Waals surface area contributed by atoms with Crippen molar-refractivity contribution in [1.29, 1.82) is 0 Å². The minimum absolute atomic E-state index is 0.00855. The number of thiazole rings is 1. The fraction of sp³-hybridized carbons (Fsp3) is 0.355. The first-order chi connectivity index (χ1) is 26.5. The molecule has 23 nitrogen and oxygen atoms in total. The van der Waals surface area contributed by atoms with Gasteiger partial charge in [0.15, 0.2) is 16.6 Å². The van der Waals surface area contributed by atoms with E-state index in [-0.39, 0.29) is 48.5 Å². The first-order valence-electron chi connectivity index (χ1n) is 16.4. The Morgan fingerprint density at radius 1 is 1.16 bits per heavy atom. The Morgan fingerprint density at radius 3 is 2.57 bits per heavy atom. The molecule has 1 fully saturated rings. The maximum atomic E-state index is 13.4. The Labute approximate surface area is 324 Å². The molecule has 25 heteroatoms. The van der Waals surface area contributed by atoms with E-state index in [0.29, 0.717) is 34.6 Å². The molecule has 0 aliphatic carbocycles. The van der Waals surface area contributed by atoms with Crippen molar-refractivity contribution in [3.05, 3.63) is 63.0 Å². The third kappa shape index (κ3) is 8.90. The minimum Gasteiger partial charge on any atom is -0.503 e. The number of oxime groups is 1. The zero-order chi connectivity index (χ0) is 40.9. The second-order valence-electron chi connectivity index (χ2n) is 12.5. The van der Waals surface area contributed by atoms with Crippen LogP contribution in [0, 0.1) is 0 Å². The number of nitrogens with one attached hydrogen (secondary N) is 4. The molecule has 2 aliphatic rings. The van der Waals surface area contributed by atoms with Gasteiger partial charge in [-0.05, 0) is 18.8 Å². The molecule has 2 atom stereocenters. The van der Waals surface area contributed by atoms with Crippen LogP contribution in [0.2, 0.25) is 0 Å². The van der Waals surface area contributed by atoms with Crippen LogP contribution in [0.1, 0.15) is 30.0 Å². The fourth-order valence-electron chi connectivity index (χ4n) is 5.19. The number of carboxylic acids is 2. The van der Waals surface area contributed by atoms with Crippen molar-refractivity contribution in [3.63, 3.8) is 0 Å². The number of thioether (sulfide) groups is 1. The molecule has 1 saturated heterocycles. The summed E-state index contributed by atoms with van der Waals surface area (Å²) in [6.07, 6.45) is 3.77. The lowest BCUT2D eigenvalue weighted by Gasteiger charge is -2.49. The summed E-state index contributed by atoms with van der Waals surface area (Å²) in [7, 11) is 0. The van der Waals surface area contributed by atoms with Crippen LogP contribution in [0.4, 0.5) is 16.6 Å². The third-order valence-corrected chi connectivity index (χ3v) is 10.1. The van der Waals surface area contributed by atoms with Gasteiger partial charge in [-0.25, -0.2) is 19.1 Å². The Bertz CT molecular complexity index is 2190. The molecule has 0 spiro atoms. The molecule has 2 aliphatic heterocycles. The standard InChI is InChI=1S/C31H36N12O11S2/c1-31(2,29(51)52)54-40-20(16-12-56-30(33)38-16)25(47)39-21-26(48)43-22(28(49)50)14(11-55-27(21)43)8-41-9-15(23(37-13-41)35-4-3-32)34-5-6-36-24(46)17-7-18(44)19(45)10-42(17)53/h7,9-10,12-13,21,27,34,53H,3-6,8,11,32H2,1-2H3,(H7,33,36,38,39,45,46,47,49,50,51,52)/p+1/b40-20-/t21-,27?/m1/s1. The van der Waals surface area contributed by atoms with Crippen LogP contribution in [-0.2, 0) is 30.6 Å². The monoisotopic (exact) mass is 817 g/mol. The quantitative estimate of drug-likeness (QED) is 0.0172. The van der Waals surface area contributed by atoms with Crippen LogP contribution in [-0.4, -0.2) is 124 Å². The Hall–Kier alpha value is -6.47. The molecular formula is C31H37N12O11S2+. The maximum Gasteiger partial charge on any atom is 0.352 e. The summed E-state index contributed by atoms with van der Waals surface area (Å²) in [4.78, 5) is 89.8. The van der Waals surface area contributed by atoms with Gasteiger partial charge in [0.2, 0.25) is 11.0 Å². The summed E-state index contributed by atoms with van der Waals surface area (Å²) in [5, 5.41) is 54.6. The number of carbonyl (C=O) groups is 5. The summed E-state index contributed by atoms with van der Waals surface area (Å²) in [6, 6.07) is -0.392. The number of nitrogen functional groups attached to an aromatic ring is 1. The van der Waals surface area contributed by atoms with Gasteiger partial charge in [-0.1, -0.05) is 5.16 Å². The summed E-state index contributed by atoms with van der Waals surface area (Å²) in [5.41, 5.74) is 8.35. The smallest absolute Gasteiger partial charge is 0.352 e. The maximum absolute atomic E-state index is 13.4. The van der Waals surface area contributed by atoms with Gasteiger partial charge >= 0.3 is 11.9 Å². The van der Waals surface area contributed by atoms with Gasteiger partial charge in [-0.3, -0.25) is 24.1 Å². The number of nitrogens with zero attached hydrogens (tertiary/aromatic N) is 6. The average molecular weight is 818 g/mol. The van der Waals surface area contributed by atoms with E-state index in [0.717, 1.165) is 22.3 Å². The number of rotatable bonds is 17. The van der Waals surface area contributed by atoms with Gasteiger partial charge in [-0.15, -0.1) is 23.1 Å². The highest BCUT2D eigenvalue weighted by Gasteiger charge is 2.54. The zero-order valence-electron chi connectivity index (χ0n) is 29.6. The molecule has 0 aromatic carbocycles. The predicted octanol–water partition coefficient (Wildman–Crippen LogP) is -2.25. The Kier molecular flexibility index (Phi) is 12.3. The lowest BCUT2D eigenvalue weighted by Crippen LogP contribution is -2.71. The molecule has 3 aromatic rings. The summed E-state index contributed by atoms with van der Waals surface area (Å²) in [6.45, 7) is 3.21. The summed E-state index contributed by atoms with van der Waals surface area (Å²) in [5.74, 6) is -5.37. The molecule has 1 unspecified atom stereocenters. The highest BCUT2D eigenvalue weighted by Crippen LogP contribution is 2.40. The highest BCUT2D eigenvalue weighted by molar-refractivity contribution is 8.00. The van der Waals surface area contributed by atoms with Crippen molar-refractivity contribution >= 4 is 75.1 Å². The largest absolute Gasteiger partial charge is 0.503 e. The molecule has 5 heterocycles. The number of hydrogen-bond donors (Lipinski definition) is 10. The van der Waals surface area contributed by atoms with E-state index in [1.165, 1.54) is 37.3 Å². The van der Waals surface area contributed by atoms with E-state index in [4.69, 9.17) is 16.3 Å². The number of aliphatic carboxylic acids is 2. The Morgan fingerprint density at radius 2 is 1.91 bits per heavy atom. The van der Waals surface area contributed by atoms with E-state index in [9.17, 15) is 49.3 Å². The van der Waals surface area contributed by atoms with Crippen molar-refractivity contribution in [2.24, 2.45) is 10.9 Å². The summed E-state index contributed by atoms with van der Waals surface area (Å²) < 4.78 is 1.90. The number of β-lactam (4-membered cyclic amide) rings is 1. The molecule has 3 amide bonds. The van der Waals surface area contributed by atoms with Gasteiger partial charge in [0, 0.05) is 49.0 Å². The van der Waals surface area contributed by atoms with Gasteiger partial charge in [0.05, 0.1) is 6.20 Å². The van der Waals surface area contributed by atoms with E-state index in [1.807, 2.05) is 0 Å². The first-order valence-corrected chi connectivity index (χ1v) is 18.4. The molecule has 0 saturated carbocycles. The van der Waals surface area contributed by atoms with Crippen LogP contribution in [0.15, 0.2) is 51.4 Å². The van der Waals surface area contributed by atoms with Gasteiger partial charge in [0.1, 0.15) is 46.9 Å². The molecule has 5 rings (SSSR count). The molecule has 56 heavy (non-hydrogen) atoms. The molecule has 0 bridgehead atoms. The van der Waals surface area contributed by atoms with Crippen LogP contribution in [0.3, 0.4) is 0 Å². The summed E-state index contributed by atoms with van der Waals surface area (Å²) >= 11 is 2.19. The number of anilines is 3. The predicted molar refractivity (Wildman–Crippen MR) is 198 cm³/mol. The van der Waals surface area contributed by atoms with E-state index in [2.05, 4.69) is 36.4 Å². The van der Waals surface area contributed by atoms with Crippen LogP contribution >= 0.6 is 23.1 Å². The van der Waals surface area contributed by atoms with E-state index < -0.39 is 69.3 Å². The molecular weight excluding hydrogens is 781 g/mol. The number of pyridine rings is 1. The molecule has 0 radical (unpaired) electrons. The Balaban J connectivity index is 1.29. The second kappa shape index (κ2) is 16.9. The number of nitrogens with two attached hydrogens (primary N) is 2.